The third-order valence-corrected chi connectivity index (χ3v) is 7.03. The lowest BCUT2D eigenvalue weighted by Crippen LogP contribution is -2.42. The van der Waals surface area contributed by atoms with E-state index >= 15 is 0 Å². The van der Waals surface area contributed by atoms with Crippen LogP contribution in [0, 0.1) is 27.7 Å². The second-order valence-corrected chi connectivity index (χ2v) is 9.91. The van der Waals surface area contributed by atoms with Crippen LogP contribution in [0.1, 0.15) is 47.1 Å². The van der Waals surface area contributed by atoms with E-state index in [1.54, 1.807) is 12.0 Å². The molecule has 1 unspecified atom stereocenters. The fourth-order valence-corrected chi connectivity index (χ4v) is 4.56. The van der Waals surface area contributed by atoms with E-state index in [0.29, 0.717) is 40.9 Å². The highest BCUT2D eigenvalue weighted by atomic mass is 16.5. The van der Waals surface area contributed by atoms with Crippen LogP contribution in [0.2, 0.25) is 0 Å². The number of anilines is 3. The number of aliphatic imine (C=N–C) groups is 1. The topological polar surface area (TPSA) is 119 Å². The number of aryl methyl sites for hydroxylation is 3. The summed E-state index contributed by atoms with van der Waals surface area (Å²) in [7, 11) is 1.61. The summed E-state index contributed by atoms with van der Waals surface area (Å²) in [6.07, 6.45) is 5.15. The number of benzene rings is 2. The molecule has 0 fully saturated rings. The number of carbonyl (C=O) groups excluding carboxylic acids is 1. The number of nitrogen functional groups attached to an aromatic ring is 1. The molecule has 0 saturated carbocycles. The summed E-state index contributed by atoms with van der Waals surface area (Å²) in [6, 6.07) is 18.8. The van der Waals surface area contributed by atoms with Crippen LogP contribution in [0.5, 0.6) is 5.75 Å². The Balaban J connectivity index is 1.83. The number of nitrogens with two attached hydrogens (primary N) is 1. The smallest absolute Gasteiger partial charge is 0.222 e. The minimum atomic E-state index is -0.414. The van der Waals surface area contributed by atoms with Gasteiger partial charge >= 0.3 is 0 Å². The van der Waals surface area contributed by atoms with Crippen LogP contribution >= 0.6 is 0 Å². The molecule has 0 spiro atoms. The maximum atomic E-state index is 12.6. The third kappa shape index (κ3) is 6.80. The highest BCUT2D eigenvalue weighted by molar-refractivity contribution is 6.14. The predicted octanol–water partition coefficient (Wildman–Crippen LogP) is 6.45. The van der Waals surface area contributed by atoms with Gasteiger partial charge in [0.15, 0.2) is 0 Å². The second kappa shape index (κ2) is 13.5. The van der Waals surface area contributed by atoms with Crippen LogP contribution in [0.3, 0.4) is 0 Å². The van der Waals surface area contributed by atoms with Gasteiger partial charge < -0.3 is 15.8 Å². The van der Waals surface area contributed by atoms with Crippen molar-refractivity contribution in [2.45, 2.75) is 47.1 Å². The molecule has 2 heterocycles. The van der Waals surface area contributed by atoms with Crippen LogP contribution in [0.4, 0.5) is 23.1 Å². The fourth-order valence-electron chi connectivity index (χ4n) is 4.56. The zero-order valence-electron chi connectivity index (χ0n) is 24.9. The third-order valence-electron chi connectivity index (χ3n) is 7.03. The molecular formula is C33H37N7O2. The molecule has 0 bridgehead atoms. The van der Waals surface area contributed by atoms with Crippen LogP contribution in [-0.2, 0) is 4.79 Å². The van der Waals surface area contributed by atoms with Crippen molar-refractivity contribution < 1.29 is 9.53 Å². The van der Waals surface area contributed by atoms with Crippen molar-refractivity contribution in [3.05, 3.63) is 94.4 Å². The van der Waals surface area contributed by atoms with E-state index in [9.17, 15) is 4.79 Å². The molecule has 9 heteroatoms. The van der Waals surface area contributed by atoms with E-state index < -0.39 is 6.04 Å². The molecule has 0 saturated heterocycles. The number of methoxy groups -OCH3 is 1. The number of amides is 1. The molecule has 3 N–H and O–H groups in total. The second-order valence-electron chi connectivity index (χ2n) is 9.91. The molecule has 0 aliphatic rings. The number of para-hydroxylation sites is 1. The molecule has 0 aliphatic carbocycles. The quantitative estimate of drug-likeness (QED) is 0.129. The van der Waals surface area contributed by atoms with E-state index in [4.69, 9.17) is 15.5 Å². The van der Waals surface area contributed by atoms with Gasteiger partial charge in [0.05, 0.1) is 24.5 Å². The molecule has 2 aromatic carbocycles. The number of amidine groups is 1. The summed E-state index contributed by atoms with van der Waals surface area (Å²) in [4.78, 5) is 32.8. The van der Waals surface area contributed by atoms with Gasteiger partial charge in [-0.05, 0) is 87.7 Å². The maximum absolute atomic E-state index is 12.6. The molecule has 4 rings (SSSR count). The molecular weight excluding hydrogens is 526 g/mol. The van der Waals surface area contributed by atoms with Gasteiger partial charge in [0.1, 0.15) is 23.1 Å². The molecule has 216 valence electrons. The molecule has 42 heavy (non-hydrogen) atoms. The molecule has 0 radical (unpaired) electrons. The molecule has 4 aromatic rings. The lowest BCUT2D eigenvalue weighted by atomic mass is 10.1. The zero-order chi connectivity index (χ0) is 30.2. The summed E-state index contributed by atoms with van der Waals surface area (Å²) < 4.78 is 5.50. The Bertz CT molecular complexity index is 1620. The van der Waals surface area contributed by atoms with E-state index in [1.165, 1.54) is 0 Å². The van der Waals surface area contributed by atoms with Crippen LogP contribution < -0.4 is 20.7 Å². The normalized spacial score (nSPS) is 12.3. The van der Waals surface area contributed by atoms with Crippen molar-refractivity contribution in [2.24, 2.45) is 4.99 Å². The lowest BCUT2D eigenvalue weighted by molar-refractivity contribution is -0.106. The van der Waals surface area contributed by atoms with E-state index in [1.807, 2.05) is 107 Å². The van der Waals surface area contributed by atoms with Crippen molar-refractivity contribution in [3.8, 4) is 5.75 Å². The first-order valence-corrected chi connectivity index (χ1v) is 13.8. The monoisotopic (exact) mass is 563 g/mol. The Morgan fingerprint density at radius 1 is 1.00 bits per heavy atom. The minimum absolute atomic E-state index is 0.136. The lowest BCUT2D eigenvalue weighted by Gasteiger charge is -2.28. The standard InChI is InChI=1S/C33H37N7O2/c1-7-27(32(38-28-15-11-12-21(2)23(28)4)40(20-41)25-13-9-8-10-14-25)37-31-26(24(5)36-33(34)39-31)17-18-29-30(42-6)19-16-22(3)35-29/h8-20,27H,7H2,1-6H3,(H3,34,36,37,39)/b18-17+,38-32?. The summed E-state index contributed by atoms with van der Waals surface area (Å²) in [5.41, 5.74) is 12.7. The van der Waals surface area contributed by atoms with Gasteiger partial charge in [-0.2, -0.15) is 4.98 Å². The van der Waals surface area contributed by atoms with Gasteiger partial charge in [0.25, 0.3) is 0 Å². The number of nitrogens with zero attached hydrogens (tertiary/aromatic N) is 5. The number of hydrogen-bond acceptors (Lipinski definition) is 8. The fraction of sp³-hybridized carbons (Fsp3) is 0.242. The van der Waals surface area contributed by atoms with Crippen molar-refractivity contribution in [1.82, 2.24) is 15.0 Å². The number of nitrogens with one attached hydrogen (secondary N) is 1. The van der Waals surface area contributed by atoms with Gasteiger partial charge in [-0.15, -0.1) is 0 Å². The molecule has 2 aromatic heterocycles. The van der Waals surface area contributed by atoms with Gasteiger partial charge in [0, 0.05) is 16.9 Å². The highest BCUT2D eigenvalue weighted by Gasteiger charge is 2.25. The van der Waals surface area contributed by atoms with Crippen molar-refractivity contribution in [2.75, 3.05) is 23.1 Å². The Labute approximate surface area is 247 Å². The number of ether oxygens (including phenoxy) is 1. The maximum Gasteiger partial charge on any atom is 0.222 e. The first-order valence-electron chi connectivity index (χ1n) is 13.8. The van der Waals surface area contributed by atoms with Crippen LogP contribution in [-0.4, -0.2) is 40.3 Å². The largest absolute Gasteiger partial charge is 0.494 e. The van der Waals surface area contributed by atoms with Gasteiger partial charge in [-0.3, -0.25) is 9.69 Å². The van der Waals surface area contributed by atoms with E-state index in [0.717, 1.165) is 34.5 Å². The highest BCUT2D eigenvalue weighted by Crippen LogP contribution is 2.28. The first kappa shape index (κ1) is 29.9. The Kier molecular flexibility index (Phi) is 9.65. The zero-order valence-corrected chi connectivity index (χ0v) is 24.9. The summed E-state index contributed by atoms with van der Waals surface area (Å²) in [6.45, 7) is 9.89. The minimum Gasteiger partial charge on any atom is -0.494 e. The Morgan fingerprint density at radius 3 is 2.45 bits per heavy atom. The van der Waals surface area contributed by atoms with Gasteiger partial charge in [-0.1, -0.05) is 37.3 Å². The Hall–Kier alpha value is -5.05. The molecule has 1 amide bonds. The number of hydrogen-bond donors (Lipinski definition) is 2. The van der Waals surface area contributed by atoms with Crippen LogP contribution in [0.25, 0.3) is 12.2 Å². The number of rotatable bonds is 10. The van der Waals surface area contributed by atoms with Crippen molar-refractivity contribution in [3.63, 3.8) is 0 Å². The average Bonchev–Trinajstić information content (AvgIpc) is 2.98. The van der Waals surface area contributed by atoms with Crippen LogP contribution in [0.15, 0.2) is 65.7 Å². The van der Waals surface area contributed by atoms with Gasteiger partial charge in [0.2, 0.25) is 12.4 Å². The summed E-state index contributed by atoms with van der Waals surface area (Å²) in [5, 5.41) is 3.53. The van der Waals surface area contributed by atoms with E-state index in [2.05, 4.69) is 20.3 Å². The van der Waals surface area contributed by atoms with Gasteiger partial charge in [-0.25, -0.2) is 15.0 Å². The van der Waals surface area contributed by atoms with E-state index in [-0.39, 0.29) is 5.95 Å². The Morgan fingerprint density at radius 2 is 1.76 bits per heavy atom. The average molecular weight is 564 g/mol. The SMILES string of the molecule is CCC(Nc1nc(N)nc(C)c1/C=C/c1nc(C)ccc1OC)C(=Nc1cccc(C)c1C)N(C=O)c1ccccc1. The molecule has 9 nitrogen and oxygen atoms in total. The molecule has 1 atom stereocenters. The number of carbonyl (C=O) groups is 1. The number of aromatic nitrogens is 3. The number of pyridine rings is 1. The van der Waals surface area contributed by atoms with Crippen molar-refractivity contribution in [1.29, 1.82) is 0 Å². The van der Waals surface area contributed by atoms with Crippen molar-refractivity contribution >= 4 is 47.5 Å². The first-order chi connectivity index (χ1) is 20.2. The predicted molar refractivity (Wildman–Crippen MR) is 171 cm³/mol. The summed E-state index contributed by atoms with van der Waals surface area (Å²) in [5.74, 6) is 1.83. The molecule has 0 aliphatic heterocycles. The summed E-state index contributed by atoms with van der Waals surface area (Å²) >= 11 is 0.